The number of benzene rings is 2. The number of nitrogens with zero attached hydrogens (tertiary/aromatic N) is 4. The molecule has 1 saturated heterocycles. The number of pyridine rings is 1. The molecule has 0 spiro atoms. The molecule has 0 saturated carbocycles. The zero-order valence-electron chi connectivity index (χ0n) is 16.5. The summed E-state index contributed by atoms with van der Waals surface area (Å²) >= 11 is 6.09. The van der Waals surface area contributed by atoms with Crippen LogP contribution in [0.3, 0.4) is 0 Å². The van der Waals surface area contributed by atoms with Crippen LogP contribution in [-0.4, -0.2) is 27.6 Å². The van der Waals surface area contributed by atoms with Crippen LogP contribution in [0.4, 0.5) is 5.69 Å². The number of imidazole rings is 1. The zero-order valence-corrected chi connectivity index (χ0v) is 17.3. The molecule has 150 valence electrons. The number of halogens is 1. The number of rotatable bonds is 2. The van der Waals surface area contributed by atoms with Gasteiger partial charge in [-0.05, 0) is 37.1 Å². The van der Waals surface area contributed by atoms with Crippen molar-refractivity contribution in [2.75, 3.05) is 18.0 Å². The highest BCUT2D eigenvalue weighted by Crippen LogP contribution is 2.34. The minimum Gasteiger partial charge on any atom is -0.370 e. The van der Waals surface area contributed by atoms with E-state index in [-0.39, 0.29) is 11.1 Å². The van der Waals surface area contributed by atoms with E-state index in [0.29, 0.717) is 10.9 Å². The molecule has 0 bridgehead atoms. The first-order valence-corrected chi connectivity index (χ1v) is 10.4. The third kappa shape index (κ3) is 2.94. The van der Waals surface area contributed by atoms with Crippen molar-refractivity contribution in [1.29, 1.82) is 5.26 Å². The van der Waals surface area contributed by atoms with Crippen molar-refractivity contribution in [3.63, 3.8) is 0 Å². The Hall–Kier alpha value is -3.30. The molecule has 2 aromatic carbocycles. The molecule has 3 heterocycles. The number of aromatic nitrogens is 3. The number of aryl methyl sites for hydroxylation is 1. The van der Waals surface area contributed by atoms with Crippen LogP contribution >= 0.6 is 11.6 Å². The normalized spacial score (nSPS) is 15.0. The van der Waals surface area contributed by atoms with Crippen LogP contribution in [0.1, 0.15) is 30.1 Å². The van der Waals surface area contributed by atoms with E-state index in [1.807, 2.05) is 42.5 Å². The van der Waals surface area contributed by atoms with Crippen molar-refractivity contribution < 1.29 is 0 Å². The van der Waals surface area contributed by atoms with Gasteiger partial charge >= 0.3 is 0 Å². The van der Waals surface area contributed by atoms with Gasteiger partial charge in [0.15, 0.2) is 0 Å². The molecule has 1 aliphatic rings. The topological polar surface area (TPSA) is 77.7 Å². The lowest BCUT2D eigenvalue weighted by molar-refractivity contribution is 0.490. The fourth-order valence-electron chi connectivity index (χ4n) is 4.48. The summed E-state index contributed by atoms with van der Waals surface area (Å²) in [6.07, 6.45) is 1.78. The molecule has 4 aromatic rings. The average Bonchev–Trinajstić information content (AvgIpc) is 3.19. The number of hydrogen-bond acceptors (Lipinski definition) is 4. The fourth-order valence-corrected chi connectivity index (χ4v) is 4.65. The number of H-pyrrole nitrogens is 1. The summed E-state index contributed by atoms with van der Waals surface area (Å²) in [6, 6.07) is 15.6. The van der Waals surface area contributed by atoms with Crippen LogP contribution in [0.5, 0.6) is 0 Å². The quantitative estimate of drug-likeness (QED) is 0.526. The van der Waals surface area contributed by atoms with Crippen molar-refractivity contribution in [2.45, 2.75) is 18.8 Å². The predicted octanol–water partition coefficient (Wildman–Crippen LogP) is 4.32. The first-order chi connectivity index (χ1) is 14.6. The lowest BCUT2D eigenvalue weighted by Crippen LogP contribution is -2.36. The van der Waals surface area contributed by atoms with Gasteiger partial charge in [0.25, 0.3) is 5.56 Å². The van der Waals surface area contributed by atoms with E-state index in [4.69, 9.17) is 16.6 Å². The number of nitrogens with one attached hydrogen (secondary N) is 1. The Labute approximate surface area is 178 Å². The van der Waals surface area contributed by atoms with Crippen LogP contribution < -0.4 is 10.5 Å². The summed E-state index contributed by atoms with van der Waals surface area (Å²) in [4.78, 5) is 23.1. The smallest absolute Gasteiger partial charge is 0.270 e. The first kappa shape index (κ1) is 18.7. The van der Waals surface area contributed by atoms with Gasteiger partial charge in [-0.25, -0.2) is 4.98 Å². The Morgan fingerprint density at radius 1 is 1.20 bits per heavy atom. The van der Waals surface area contributed by atoms with Crippen LogP contribution in [0.15, 0.2) is 47.3 Å². The van der Waals surface area contributed by atoms with E-state index in [9.17, 15) is 10.1 Å². The molecular formula is C23H20ClN5O. The minimum absolute atomic E-state index is 0.216. The molecule has 0 aliphatic carbocycles. The lowest BCUT2D eigenvalue weighted by atomic mass is 9.94. The molecule has 0 radical (unpaired) electrons. The molecule has 0 unspecified atom stereocenters. The maximum Gasteiger partial charge on any atom is 0.270 e. The molecule has 5 rings (SSSR count). The minimum atomic E-state index is -0.248. The summed E-state index contributed by atoms with van der Waals surface area (Å²) in [5.41, 5.74) is 3.43. The second-order valence-corrected chi connectivity index (χ2v) is 8.20. The van der Waals surface area contributed by atoms with Crippen molar-refractivity contribution in [2.24, 2.45) is 7.05 Å². The maximum atomic E-state index is 12.8. The van der Waals surface area contributed by atoms with Crippen LogP contribution in [-0.2, 0) is 7.05 Å². The SMILES string of the molecule is Cn1c(=O)c(C#N)c(N2CCC(c3nc4ccc(Cl)cc4[nH]3)CC2)c2ccccc21. The van der Waals surface area contributed by atoms with Gasteiger partial charge in [0.05, 0.1) is 22.2 Å². The molecule has 6 nitrogen and oxygen atoms in total. The van der Waals surface area contributed by atoms with Crippen LogP contribution in [0.2, 0.25) is 5.02 Å². The standard InChI is InChI=1S/C23H20ClN5O/c1-28-20-5-3-2-4-16(20)21(17(13-25)23(28)30)29-10-8-14(9-11-29)22-26-18-7-6-15(24)12-19(18)27-22/h2-7,12,14H,8-11H2,1H3,(H,26,27). The van der Waals surface area contributed by atoms with E-state index >= 15 is 0 Å². The number of piperidine rings is 1. The van der Waals surface area contributed by atoms with E-state index in [1.165, 1.54) is 0 Å². The average molecular weight is 418 g/mol. The summed E-state index contributed by atoms with van der Waals surface area (Å²) < 4.78 is 1.56. The summed E-state index contributed by atoms with van der Waals surface area (Å²) in [6.45, 7) is 1.52. The molecule has 0 amide bonds. The second-order valence-electron chi connectivity index (χ2n) is 7.76. The maximum absolute atomic E-state index is 12.8. The largest absolute Gasteiger partial charge is 0.370 e. The number of para-hydroxylation sites is 1. The molecular weight excluding hydrogens is 398 g/mol. The van der Waals surface area contributed by atoms with Gasteiger partial charge in [0.1, 0.15) is 17.5 Å². The first-order valence-electron chi connectivity index (χ1n) is 9.98. The monoisotopic (exact) mass is 417 g/mol. The molecule has 30 heavy (non-hydrogen) atoms. The molecule has 0 atom stereocenters. The van der Waals surface area contributed by atoms with Crippen LogP contribution in [0, 0.1) is 11.3 Å². The Bertz CT molecular complexity index is 1370. The van der Waals surface area contributed by atoms with E-state index in [2.05, 4.69) is 16.0 Å². The number of nitriles is 1. The van der Waals surface area contributed by atoms with E-state index < -0.39 is 0 Å². The van der Waals surface area contributed by atoms with Gasteiger partial charge in [0, 0.05) is 36.5 Å². The molecule has 1 N–H and O–H groups in total. The van der Waals surface area contributed by atoms with Gasteiger partial charge in [-0.15, -0.1) is 0 Å². The van der Waals surface area contributed by atoms with Gasteiger partial charge < -0.3 is 14.5 Å². The highest BCUT2D eigenvalue weighted by molar-refractivity contribution is 6.31. The summed E-state index contributed by atoms with van der Waals surface area (Å²) in [7, 11) is 1.72. The third-order valence-electron chi connectivity index (χ3n) is 6.05. The molecule has 1 fully saturated rings. The third-order valence-corrected chi connectivity index (χ3v) is 6.28. The number of hydrogen-bond donors (Lipinski definition) is 1. The Morgan fingerprint density at radius 2 is 1.97 bits per heavy atom. The lowest BCUT2D eigenvalue weighted by Gasteiger charge is -2.34. The Kier molecular flexibility index (Phi) is 4.48. The highest BCUT2D eigenvalue weighted by Gasteiger charge is 2.27. The van der Waals surface area contributed by atoms with Gasteiger partial charge in [-0.2, -0.15) is 5.26 Å². The molecule has 1 aliphatic heterocycles. The van der Waals surface area contributed by atoms with Crippen molar-refractivity contribution in [1.82, 2.24) is 14.5 Å². The molecule has 2 aromatic heterocycles. The van der Waals surface area contributed by atoms with Crippen molar-refractivity contribution in [3.05, 3.63) is 69.2 Å². The van der Waals surface area contributed by atoms with Crippen molar-refractivity contribution in [3.8, 4) is 6.07 Å². The number of fused-ring (bicyclic) bond motifs is 2. The Morgan fingerprint density at radius 3 is 2.73 bits per heavy atom. The summed E-state index contributed by atoms with van der Waals surface area (Å²) in [5, 5.41) is 11.4. The number of anilines is 1. The predicted molar refractivity (Wildman–Crippen MR) is 119 cm³/mol. The number of aromatic amines is 1. The van der Waals surface area contributed by atoms with E-state index in [0.717, 1.165) is 59.4 Å². The fraction of sp³-hybridized carbons (Fsp3) is 0.261. The second kappa shape index (κ2) is 7.19. The van der Waals surface area contributed by atoms with Gasteiger partial charge in [-0.3, -0.25) is 4.79 Å². The van der Waals surface area contributed by atoms with Crippen molar-refractivity contribution >= 4 is 39.2 Å². The van der Waals surface area contributed by atoms with E-state index in [1.54, 1.807) is 11.6 Å². The molecule has 7 heteroatoms. The zero-order chi connectivity index (χ0) is 20.8. The van der Waals surface area contributed by atoms with Gasteiger partial charge in [0.2, 0.25) is 0 Å². The Balaban J connectivity index is 1.48. The summed E-state index contributed by atoms with van der Waals surface area (Å²) in [5.74, 6) is 1.28. The van der Waals surface area contributed by atoms with Crippen LogP contribution in [0.25, 0.3) is 21.9 Å². The highest BCUT2D eigenvalue weighted by atomic mass is 35.5. The van der Waals surface area contributed by atoms with Gasteiger partial charge in [-0.1, -0.05) is 29.8 Å².